The van der Waals surface area contributed by atoms with Gasteiger partial charge in [0.15, 0.2) is 11.5 Å². The lowest BCUT2D eigenvalue weighted by Crippen LogP contribution is -2.06. The van der Waals surface area contributed by atoms with Gasteiger partial charge in [-0.2, -0.15) is 13.2 Å². The first-order chi connectivity index (χ1) is 17.2. The molecule has 0 atom stereocenters. The molecule has 2 N–H and O–H groups in total. The van der Waals surface area contributed by atoms with Crippen LogP contribution in [0, 0.1) is 0 Å². The summed E-state index contributed by atoms with van der Waals surface area (Å²) in [7, 11) is 0. The number of carbonyl (C=O) groups is 2. The average Bonchev–Trinajstić information content (AvgIpc) is 3.27. The zero-order valence-electron chi connectivity index (χ0n) is 19.2. The fourth-order valence-corrected chi connectivity index (χ4v) is 3.97. The van der Waals surface area contributed by atoms with E-state index in [0.717, 1.165) is 12.1 Å². The van der Waals surface area contributed by atoms with Crippen molar-refractivity contribution in [1.29, 1.82) is 0 Å². The lowest BCUT2D eigenvalue weighted by Gasteiger charge is -2.12. The van der Waals surface area contributed by atoms with E-state index in [1.165, 1.54) is 18.3 Å². The molecule has 0 bridgehead atoms. The lowest BCUT2D eigenvalue weighted by molar-refractivity contribution is -0.138. The molecule has 0 amide bonds. The fourth-order valence-electron chi connectivity index (χ4n) is 3.97. The second-order valence-electron chi connectivity index (χ2n) is 8.06. The van der Waals surface area contributed by atoms with Crippen LogP contribution in [0.5, 0.6) is 5.75 Å². The number of carboxylic acids is 1. The Labute approximate surface area is 205 Å². The highest BCUT2D eigenvalue weighted by molar-refractivity contribution is 6.15. The van der Waals surface area contributed by atoms with Crippen LogP contribution in [-0.4, -0.2) is 28.4 Å². The zero-order chi connectivity index (χ0) is 25.9. The van der Waals surface area contributed by atoms with E-state index in [2.05, 4.69) is 4.98 Å². The molecule has 0 aliphatic rings. The molecule has 0 saturated heterocycles. The van der Waals surface area contributed by atoms with Gasteiger partial charge >= 0.3 is 12.1 Å². The van der Waals surface area contributed by atoms with Crippen molar-refractivity contribution in [1.82, 2.24) is 4.98 Å². The summed E-state index contributed by atoms with van der Waals surface area (Å²) in [5.74, 6) is -0.938. The van der Waals surface area contributed by atoms with E-state index < -0.39 is 17.7 Å². The first-order valence-corrected chi connectivity index (χ1v) is 11.2. The Morgan fingerprint density at radius 1 is 0.889 bits per heavy atom. The fraction of sp³-hybridized carbons (Fsp3) is 0.143. The number of H-pyrrole nitrogens is 1. The maximum absolute atomic E-state index is 13.6. The summed E-state index contributed by atoms with van der Waals surface area (Å²) < 4.78 is 44.8. The van der Waals surface area contributed by atoms with Gasteiger partial charge in [0, 0.05) is 17.3 Å². The van der Waals surface area contributed by atoms with E-state index in [-0.39, 0.29) is 17.8 Å². The van der Waals surface area contributed by atoms with Gasteiger partial charge in [-0.25, -0.2) is 0 Å². The number of aromatic amines is 1. The highest BCUT2D eigenvalue weighted by Gasteiger charge is 2.30. The number of hydrogen-bond acceptors (Lipinski definition) is 3. The predicted molar refractivity (Wildman–Crippen MR) is 129 cm³/mol. The van der Waals surface area contributed by atoms with E-state index in [9.17, 15) is 22.8 Å². The van der Waals surface area contributed by atoms with Crippen LogP contribution < -0.4 is 4.74 Å². The van der Waals surface area contributed by atoms with Crippen LogP contribution >= 0.6 is 0 Å². The Morgan fingerprint density at radius 3 is 2.14 bits per heavy atom. The van der Waals surface area contributed by atoms with E-state index in [1.807, 2.05) is 0 Å². The van der Waals surface area contributed by atoms with E-state index >= 15 is 0 Å². The Bertz CT molecular complexity index is 1390. The van der Waals surface area contributed by atoms with Gasteiger partial charge in [-0.1, -0.05) is 60.7 Å². The summed E-state index contributed by atoms with van der Waals surface area (Å²) in [5, 5.41) is 8.98. The van der Waals surface area contributed by atoms with Gasteiger partial charge in [0.25, 0.3) is 0 Å². The molecule has 0 unspecified atom stereocenters. The van der Waals surface area contributed by atoms with Gasteiger partial charge in [-0.3, -0.25) is 9.59 Å². The summed E-state index contributed by atoms with van der Waals surface area (Å²) in [6.45, 7) is 2.08. The maximum Gasteiger partial charge on any atom is 0.416 e. The van der Waals surface area contributed by atoms with E-state index in [4.69, 9.17) is 9.84 Å². The Morgan fingerprint density at radius 2 is 1.53 bits per heavy atom. The number of ether oxygens (including phenoxy) is 1. The monoisotopic (exact) mass is 493 g/mol. The third kappa shape index (κ3) is 5.17. The number of halogens is 3. The Balaban J connectivity index is 1.72. The van der Waals surface area contributed by atoms with Gasteiger partial charge < -0.3 is 14.8 Å². The van der Waals surface area contributed by atoms with E-state index in [0.29, 0.717) is 45.9 Å². The van der Waals surface area contributed by atoms with Crippen LogP contribution in [0.15, 0.2) is 79.0 Å². The number of aliphatic carboxylic acids is 1. The molecule has 36 heavy (non-hydrogen) atoms. The van der Waals surface area contributed by atoms with Crippen molar-refractivity contribution in [3.8, 4) is 28.1 Å². The maximum atomic E-state index is 13.6. The second kappa shape index (κ2) is 10.1. The second-order valence-corrected chi connectivity index (χ2v) is 8.06. The SMILES string of the molecule is CCOc1c(C(=O)c2ccccc2-c2ccc(C(F)(F)F)cc2)c[nH]c1-c1ccc(CC(=O)O)cc1. The van der Waals surface area contributed by atoms with Gasteiger partial charge in [-0.05, 0) is 35.7 Å². The summed E-state index contributed by atoms with van der Waals surface area (Å²) in [5.41, 5.74) is 2.73. The van der Waals surface area contributed by atoms with Gasteiger partial charge in [0.1, 0.15) is 0 Å². The number of carbonyl (C=O) groups excluding carboxylic acids is 1. The van der Waals surface area contributed by atoms with Crippen molar-refractivity contribution in [2.75, 3.05) is 6.61 Å². The van der Waals surface area contributed by atoms with Crippen LogP contribution in [0.4, 0.5) is 13.2 Å². The van der Waals surface area contributed by atoms with Crippen LogP contribution in [0.3, 0.4) is 0 Å². The molecule has 0 fully saturated rings. The number of aromatic nitrogens is 1. The van der Waals surface area contributed by atoms with Crippen molar-refractivity contribution in [3.63, 3.8) is 0 Å². The number of hydrogen-bond donors (Lipinski definition) is 2. The van der Waals surface area contributed by atoms with Crippen molar-refractivity contribution in [3.05, 3.63) is 101 Å². The number of benzene rings is 3. The molecular weight excluding hydrogens is 471 g/mol. The molecule has 8 heteroatoms. The third-order valence-electron chi connectivity index (χ3n) is 5.66. The molecule has 0 aliphatic carbocycles. The summed E-state index contributed by atoms with van der Waals surface area (Å²) in [4.78, 5) is 27.7. The van der Waals surface area contributed by atoms with Crippen molar-refractivity contribution in [2.24, 2.45) is 0 Å². The molecule has 4 rings (SSSR count). The largest absolute Gasteiger partial charge is 0.491 e. The number of rotatable bonds is 8. The Kier molecular flexibility index (Phi) is 6.96. The molecule has 5 nitrogen and oxygen atoms in total. The summed E-state index contributed by atoms with van der Waals surface area (Å²) >= 11 is 0. The minimum Gasteiger partial charge on any atom is -0.491 e. The van der Waals surface area contributed by atoms with Crippen LogP contribution in [-0.2, 0) is 17.4 Å². The number of carboxylic acid groups (broad SMARTS) is 1. The molecule has 0 spiro atoms. The first-order valence-electron chi connectivity index (χ1n) is 11.2. The molecule has 1 aromatic heterocycles. The van der Waals surface area contributed by atoms with Crippen LogP contribution in [0.25, 0.3) is 22.4 Å². The number of ketones is 1. The molecule has 184 valence electrons. The number of nitrogens with one attached hydrogen (secondary N) is 1. The normalized spacial score (nSPS) is 11.3. The molecule has 3 aromatic carbocycles. The summed E-state index contributed by atoms with van der Waals surface area (Å²) in [6, 6.07) is 18.3. The minimum atomic E-state index is -4.45. The highest BCUT2D eigenvalue weighted by Crippen LogP contribution is 2.37. The summed E-state index contributed by atoms with van der Waals surface area (Å²) in [6.07, 6.45) is -3.02. The highest BCUT2D eigenvalue weighted by atomic mass is 19.4. The van der Waals surface area contributed by atoms with Crippen LogP contribution in [0.2, 0.25) is 0 Å². The zero-order valence-corrected chi connectivity index (χ0v) is 19.2. The first kappa shape index (κ1) is 24.8. The Hall–Kier alpha value is -4.33. The molecule has 0 saturated carbocycles. The van der Waals surface area contributed by atoms with Gasteiger partial charge in [-0.15, -0.1) is 0 Å². The predicted octanol–water partition coefficient (Wildman–Crippen LogP) is 6.62. The molecular formula is C28H22F3NO4. The van der Waals surface area contributed by atoms with Crippen molar-refractivity contribution < 1.29 is 32.6 Å². The van der Waals surface area contributed by atoms with Crippen molar-refractivity contribution in [2.45, 2.75) is 19.5 Å². The van der Waals surface area contributed by atoms with Crippen LogP contribution in [0.1, 0.15) is 34.0 Å². The molecule has 1 heterocycles. The topological polar surface area (TPSA) is 79.4 Å². The van der Waals surface area contributed by atoms with Crippen molar-refractivity contribution >= 4 is 11.8 Å². The third-order valence-corrected chi connectivity index (χ3v) is 5.66. The standard InChI is InChI=1S/C28H22F3NO4/c1-2-36-27-23(16-32-25(27)19-9-7-17(8-10-19)15-24(33)34)26(35)22-6-4-3-5-21(22)18-11-13-20(14-12-18)28(29,30)31/h3-14,16,32H,2,15H2,1H3,(H,33,34). The van der Waals surface area contributed by atoms with E-state index in [1.54, 1.807) is 55.5 Å². The quantitative estimate of drug-likeness (QED) is 0.270. The molecule has 0 radical (unpaired) electrons. The minimum absolute atomic E-state index is 0.103. The molecule has 0 aliphatic heterocycles. The number of alkyl halides is 3. The van der Waals surface area contributed by atoms with Gasteiger partial charge in [0.05, 0.1) is 29.8 Å². The average molecular weight is 493 g/mol. The van der Waals surface area contributed by atoms with Gasteiger partial charge in [0.2, 0.25) is 0 Å². The smallest absolute Gasteiger partial charge is 0.416 e. The lowest BCUT2D eigenvalue weighted by atomic mass is 9.93. The molecule has 4 aromatic rings.